The van der Waals surface area contributed by atoms with Crippen LogP contribution in [0.1, 0.15) is 30.2 Å². The van der Waals surface area contributed by atoms with Gasteiger partial charge in [0.25, 0.3) is 0 Å². The molecule has 0 N–H and O–H groups in total. The van der Waals surface area contributed by atoms with E-state index in [1.165, 1.54) is 0 Å². The van der Waals surface area contributed by atoms with E-state index >= 15 is 0 Å². The lowest BCUT2D eigenvalue weighted by molar-refractivity contribution is 0.0337. The Kier molecular flexibility index (Phi) is 4.57. The molecule has 5 heteroatoms. The van der Waals surface area contributed by atoms with E-state index in [9.17, 15) is 5.26 Å². The third-order valence-corrected chi connectivity index (χ3v) is 5.79. The van der Waals surface area contributed by atoms with E-state index < -0.39 is 11.5 Å². The van der Waals surface area contributed by atoms with Gasteiger partial charge in [-0.1, -0.05) is 60.7 Å². The first-order valence-corrected chi connectivity index (χ1v) is 10.1. The first-order chi connectivity index (χ1) is 14.8. The monoisotopic (exact) mass is 398 g/mol. The maximum absolute atomic E-state index is 10.5. The molecule has 2 heterocycles. The zero-order valence-electron chi connectivity index (χ0n) is 16.7. The number of hydrogen-bond donors (Lipinski definition) is 0. The number of ether oxygens (including phenoxy) is 2. The van der Waals surface area contributed by atoms with Gasteiger partial charge >= 0.3 is 0 Å². The smallest absolute Gasteiger partial charge is 0.166 e. The summed E-state index contributed by atoms with van der Waals surface area (Å²) in [6, 6.07) is 27.9. The Balaban J connectivity index is 1.71. The summed E-state index contributed by atoms with van der Waals surface area (Å²) < 4.78 is 12.0. The highest BCUT2D eigenvalue weighted by Gasteiger charge is 2.61. The summed E-state index contributed by atoms with van der Waals surface area (Å²) >= 11 is 0. The van der Waals surface area contributed by atoms with E-state index in [-0.39, 0.29) is 12.6 Å². The summed E-state index contributed by atoms with van der Waals surface area (Å²) in [4.78, 5) is 6.52. The first kappa shape index (κ1) is 18.5. The second kappa shape index (κ2) is 7.40. The highest BCUT2D eigenvalue weighted by Crippen LogP contribution is 2.61. The van der Waals surface area contributed by atoms with Gasteiger partial charge in [-0.3, -0.25) is 4.84 Å². The number of hydroxylamine groups is 1. The molecule has 2 aliphatic heterocycles. The zero-order chi connectivity index (χ0) is 20.6. The summed E-state index contributed by atoms with van der Waals surface area (Å²) in [6.07, 6.45) is -0.460. The van der Waals surface area contributed by atoms with E-state index in [2.05, 4.69) is 6.07 Å². The van der Waals surface area contributed by atoms with Crippen LogP contribution < -0.4 is 14.5 Å². The maximum atomic E-state index is 10.5. The Morgan fingerprint density at radius 3 is 2.47 bits per heavy atom. The quantitative estimate of drug-likeness (QED) is 0.603. The van der Waals surface area contributed by atoms with Crippen LogP contribution in [0.3, 0.4) is 0 Å². The minimum atomic E-state index is -0.908. The molecule has 0 unspecified atom stereocenters. The number of rotatable bonds is 4. The van der Waals surface area contributed by atoms with Crippen LogP contribution in [0.2, 0.25) is 0 Å². The first-order valence-electron chi connectivity index (χ1n) is 10.1. The van der Waals surface area contributed by atoms with E-state index in [0.29, 0.717) is 18.1 Å². The van der Waals surface area contributed by atoms with E-state index in [1.807, 2.05) is 90.8 Å². The fraction of sp³-hybridized carbons (Fsp3) is 0.240. The number of hydrogen-bond acceptors (Lipinski definition) is 5. The number of nitrogens with zero attached hydrogens (tertiary/aromatic N) is 2. The molecule has 5 nitrogen and oxygen atoms in total. The van der Waals surface area contributed by atoms with E-state index in [1.54, 1.807) is 0 Å². The van der Waals surface area contributed by atoms with Gasteiger partial charge in [-0.25, -0.2) is 5.06 Å². The zero-order valence-corrected chi connectivity index (χ0v) is 16.7. The molecule has 0 aliphatic carbocycles. The third kappa shape index (κ3) is 2.72. The van der Waals surface area contributed by atoms with Crippen LogP contribution >= 0.6 is 0 Å². The number of anilines is 1. The topological polar surface area (TPSA) is 54.7 Å². The number of benzene rings is 3. The molecule has 3 aromatic rings. The van der Waals surface area contributed by atoms with Crippen LogP contribution in [-0.4, -0.2) is 13.2 Å². The molecule has 30 heavy (non-hydrogen) atoms. The Labute approximate surface area is 176 Å². The molecule has 0 amide bonds. The molecule has 0 spiro atoms. The van der Waals surface area contributed by atoms with E-state index in [0.717, 1.165) is 16.8 Å². The van der Waals surface area contributed by atoms with Gasteiger partial charge in [0.1, 0.15) is 18.8 Å². The van der Waals surface area contributed by atoms with Crippen molar-refractivity contribution < 1.29 is 14.3 Å². The highest BCUT2D eigenvalue weighted by molar-refractivity contribution is 5.58. The fourth-order valence-electron chi connectivity index (χ4n) is 4.47. The summed E-state index contributed by atoms with van der Waals surface area (Å²) in [6.45, 7) is 2.70. The molecule has 5 rings (SSSR count). The minimum absolute atomic E-state index is 0.216. The average Bonchev–Trinajstić information content (AvgIpc) is 3.17. The Morgan fingerprint density at radius 1 is 1.03 bits per heavy atom. The molecule has 0 saturated carbocycles. The molecule has 0 radical (unpaired) electrons. The van der Waals surface area contributed by atoms with Crippen LogP contribution in [0.5, 0.6) is 11.5 Å². The summed E-state index contributed by atoms with van der Waals surface area (Å²) in [5.74, 6) is 1.38. The van der Waals surface area contributed by atoms with Crippen molar-refractivity contribution in [1.29, 1.82) is 5.26 Å². The van der Waals surface area contributed by atoms with Crippen LogP contribution in [0, 0.1) is 16.7 Å². The van der Waals surface area contributed by atoms with Gasteiger partial charge in [0.15, 0.2) is 16.9 Å². The Hall–Kier alpha value is -3.49. The Morgan fingerprint density at radius 2 is 1.77 bits per heavy atom. The second-order valence-electron chi connectivity index (χ2n) is 7.51. The van der Waals surface area contributed by atoms with Gasteiger partial charge in [0, 0.05) is 5.56 Å². The largest absolute Gasteiger partial charge is 0.490 e. The average molecular weight is 398 g/mol. The van der Waals surface area contributed by atoms with Crippen LogP contribution in [0.15, 0.2) is 78.9 Å². The molecule has 2 aliphatic rings. The van der Waals surface area contributed by atoms with Crippen molar-refractivity contribution in [3.05, 3.63) is 90.0 Å². The molecular weight excluding hydrogens is 376 g/mol. The summed E-state index contributed by atoms with van der Waals surface area (Å²) in [5, 5.41) is 12.4. The van der Waals surface area contributed by atoms with Crippen molar-refractivity contribution in [2.45, 2.75) is 19.1 Å². The van der Waals surface area contributed by atoms with Gasteiger partial charge in [-0.15, -0.1) is 0 Å². The normalized spacial score (nSPS) is 24.3. The van der Waals surface area contributed by atoms with Crippen LogP contribution in [-0.2, 0) is 4.84 Å². The predicted octanol–water partition coefficient (Wildman–Crippen LogP) is 5.22. The number of nitriles is 1. The fourth-order valence-corrected chi connectivity index (χ4v) is 4.47. The lowest BCUT2D eigenvalue weighted by atomic mass is 9.71. The molecule has 1 saturated heterocycles. The lowest BCUT2D eigenvalue weighted by Crippen LogP contribution is -2.41. The van der Waals surface area contributed by atoms with E-state index in [4.69, 9.17) is 14.3 Å². The van der Waals surface area contributed by atoms with Gasteiger partial charge in [-0.05, 0) is 30.7 Å². The highest BCUT2D eigenvalue weighted by atomic mass is 16.7. The minimum Gasteiger partial charge on any atom is -0.490 e. The van der Waals surface area contributed by atoms with Crippen molar-refractivity contribution in [1.82, 2.24) is 0 Å². The van der Waals surface area contributed by atoms with Gasteiger partial charge in [0.2, 0.25) is 0 Å². The van der Waals surface area contributed by atoms with Crippen molar-refractivity contribution >= 4 is 5.69 Å². The molecule has 3 atom stereocenters. The molecule has 1 fully saturated rings. The molecule has 150 valence electrons. The third-order valence-electron chi connectivity index (χ3n) is 5.79. The van der Waals surface area contributed by atoms with Crippen molar-refractivity contribution in [3.8, 4) is 17.6 Å². The van der Waals surface area contributed by atoms with Crippen molar-refractivity contribution in [2.75, 3.05) is 18.3 Å². The van der Waals surface area contributed by atoms with Gasteiger partial charge < -0.3 is 9.47 Å². The standard InChI is InChI=1S/C25H22N2O3/c1-2-28-21-15-9-14-20-22(21)29-17-25(16-26)23(20)27(19-12-7-4-8-13-19)30-24(25)18-10-5-3-6-11-18/h3-15,23-24H,2,17H2,1H3/t23-,24-,25+/m1/s1. The van der Waals surface area contributed by atoms with Gasteiger partial charge in [-0.2, -0.15) is 5.26 Å². The second-order valence-corrected chi connectivity index (χ2v) is 7.51. The Bertz CT molecular complexity index is 1080. The number of fused-ring (bicyclic) bond motifs is 3. The maximum Gasteiger partial charge on any atom is 0.166 e. The molecule has 3 aromatic carbocycles. The predicted molar refractivity (Wildman–Crippen MR) is 113 cm³/mol. The van der Waals surface area contributed by atoms with Crippen molar-refractivity contribution in [3.63, 3.8) is 0 Å². The molecule has 0 bridgehead atoms. The number of para-hydroxylation sites is 2. The van der Waals surface area contributed by atoms with Gasteiger partial charge in [0.05, 0.1) is 18.4 Å². The van der Waals surface area contributed by atoms with Crippen molar-refractivity contribution in [2.24, 2.45) is 5.41 Å². The summed E-state index contributed by atoms with van der Waals surface area (Å²) in [7, 11) is 0. The molecular formula is C25H22N2O3. The lowest BCUT2D eigenvalue weighted by Gasteiger charge is -2.38. The molecule has 0 aromatic heterocycles. The van der Waals surface area contributed by atoms with Crippen LogP contribution in [0.25, 0.3) is 0 Å². The summed E-state index contributed by atoms with van der Waals surface area (Å²) in [5.41, 5.74) is 1.84. The van der Waals surface area contributed by atoms with Crippen LogP contribution in [0.4, 0.5) is 5.69 Å². The SMILES string of the molecule is CCOc1cccc2c1OC[C@]1(C#N)[C@@H](c3ccccc3)ON(c3ccccc3)[C@H]21.